The summed E-state index contributed by atoms with van der Waals surface area (Å²) in [5, 5.41) is 7.09. The first kappa shape index (κ1) is 10.8. The number of piperidine rings is 1. The molecule has 4 unspecified atom stereocenters. The van der Waals surface area contributed by atoms with Crippen LogP contribution in [0.3, 0.4) is 0 Å². The van der Waals surface area contributed by atoms with Gasteiger partial charge in [-0.25, -0.2) is 0 Å². The highest BCUT2D eigenvalue weighted by Crippen LogP contribution is 2.25. The van der Waals surface area contributed by atoms with Gasteiger partial charge in [-0.3, -0.25) is 0 Å². The summed E-state index contributed by atoms with van der Waals surface area (Å²) in [6.45, 7) is 0. The number of nitrogens with one attached hydrogen (secondary N) is 2. The lowest BCUT2D eigenvalue weighted by Crippen LogP contribution is -2.33. The molecule has 2 nitrogen and oxygen atoms in total. The fourth-order valence-electron chi connectivity index (χ4n) is 3.56. The molecule has 0 radical (unpaired) electrons. The molecule has 0 saturated carbocycles. The van der Waals surface area contributed by atoms with E-state index in [9.17, 15) is 0 Å². The van der Waals surface area contributed by atoms with Gasteiger partial charge in [0.2, 0.25) is 0 Å². The lowest BCUT2D eigenvalue weighted by Gasteiger charge is -2.19. The van der Waals surface area contributed by atoms with E-state index in [2.05, 4.69) is 22.8 Å². The van der Waals surface area contributed by atoms with E-state index in [0.717, 1.165) is 24.2 Å². The molecule has 4 heterocycles. The zero-order valence-electron chi connectivity index (χ0n) is 10.1. The van der Waals surface area contributed by atoms with Gasteiger partial charge >= 0.3 is 0 Å². The van der Waals surface area contributed by atoms with Crippen LogP contribution in [-0.4, -0.2) is 24.2 Å². The van der Waals surface area contributed by atoms with Gasteiger partial charge in [-0.15, -0.1) is 0 Å². The summed E-state index contributed by atoms with van der Waals surface area (Å²) in [6.07, 6.45) is 15.9. The van der Waals surface area contributed by atoms with Crippen molar-refractivity contribution in [2.24, 2.45) is 0 Å². The third kappa shape index (κ3) is 2.49. The van der Waals surface area contributed by atoms with Crippen molar-refractivity contribution in [2.75, 3.05) is 0 Å². The molecule has 0 aliphatic carbocycles. The Balaban J connectivity index is 0.000000101. The molecule has 16 heavy (non-hydrogen) atoms. The van der Waals surface area contributed by atoms with Crippen molar-refractivity contribution in [3.63, 3.8) is 0 Å². The maximum atomic E-state index is 3.59. The van der Waals surface area contributed by atoms with E-state index in [4.69, 9.17) is 0 Å². The first-order valence-corrected chi connectivity index (χ1v) is 7.09. The SMILES string of the molecule is C1=CC2CCC(C1)N2.C1CC2CCC(C1)N2. The second kappa shape index (κ2) is 4.89. The standard InChI is InChI=1S/C7H13N.C7H11N/c2*1-2-6-4-5-7(3-1)8-6/h6-8H,1-5H2;1-2,6-8H,3-5H2. The van der Waals surface area contributed by atoms with E-state index in [1.807, 2.05) is 0 Å². The first-order chi connectivity index (χ1) is 7.90. The minimum absolute atomic E-state index is 0.730. The maximum absolute atomic E-state index is 3.59. The van der Waals surface area contributed by atoms with E-state index >= 15 is 0 Å². The summed E-state index contributed by atoms with van der Waals surface area (Å²) in [6, 6.07) is 3.38. The summed E-state index contributed by atoms with van der Waals surface area (Å²) in [4.78, 5) is 0. The molecule has 4 rings (SSSR count). The quantitative estimate of drug-likeness (QED) is 0.612. The number of hydrogen-bond donors (Lipinski definition) is 2. The zero-order chi connectivity index (χ0) is 10.8. The summed E-state index contributed by atoms with van der Waals surface area (Å²) in [5.41, 5.74) is 0. The van der Waals surface area contributed by atoms with Crippen LogP contribution in [0.25, 0.3) is 0 Å². The van der Waals surface area contributed by atoms with Gasteiger partial charge in [-0.05, 0) is 44.9 Å². The minimum atomic E-state index is 0.730. The molecule has 4 atom stereocenters. The summed E-state index contributed by atoms with van der Waals surface area (Å²) in [7, 11) is 0. The highest BCUT2D eigenvalue weighted by Gasteiger charge is 2.26. The second-order valence-corrected chi connectivity index (χ2v) is 5.78. The predicted octanol–water partition coefficient (Wildman–Crippen LogP) is 2.36. The molecule has 4 bridgehead atoms. The van der Waals surface area contributed by atoms with Crippen LogP contribution in [0.1, 0.15) is 51.4 Å². The van der Waals surface area contributed by atoms with Crippen LogP contribution in [0.4, 0.5) is 0 Å². The Morgan fingerprint density at radius 3 is 2.12 bits per heavy atom. The lowest BCUT2D eigenvalue weighted by atomic mass is 10.1. The molecule has 0 aromatic rings. The Bertz CT molecular complexity index is 247. The van der Waals surface area contributed by atoms with E-state index in [1.165, 1.54) is 51.4 Å². The average molecular weight is 220 g/mol. The van der Waals surface area contributed by atoms with E-state index in [-0.39, 0.29) is 0 Å². The van der Waals surface area contributed by atoms with Crippen LogP contribution in [0.2, 0.25) is 0 Å². The summed E-state index contributed by atoms with van der Waals surface area (Å²) >= 11 is 0. The van der Waals surface area contributed by atoms with Crippen LogP contribution in [0, 0.1) is 0 Å². The molecule has 0 aromatic carbocycles. The lowest BCUT2D eigenvalue weighted by molar-refractivity contribution is 0.406. The van der Waals surface area contributed by atoms with Crippen molar-refractivity contribution < 1.29 is 0 Å². The molecule has 0 aromatic heterocycles. The van der Waals surface area contributed by atoms with Crippen molar-refractivity contribution in [2.45, 2.75) is 75.5 Å². The fraction of sp³-hybridized carbons (Fsp3) is 0.857. The van der Waals surface area contributed by atoms with Crippen LogP contribution in [0.5, 0.6) is 0 Å². The normalized spacial score (nSPS) is 44.0. The highest BCUT2D eigenvalue weighted by atomic mass is 15.0. The van der Waals surface area contributed by atoms with E-state index in [1.54, 1.807) is 0 Å². The molecule has 4 aliphatic rings. The van der Waals surface area contributed by atoms with Gasteiger partial charge in [0.25, 0.3) is 0 Å². The third-order valence-electron chi connectivity index (χ3n) is 4.51. The van der Waals surface area contributed by atoms with Crippen molar-refractivity contribution in [3.8, 4) is 0 Å². The molecule has 3 fully saturated rings. The monoisotopic (exact) mass is 220 g/mol. The van der Waals surface area contributed by atoms with Gasteiger partial charge in [0.05, 0.1) is 0 Å². The Morgan fingerprint density at radius 2 is 1.50 bits per heavy atom. The number of hydrogen-bond acceptors (Lipinski definition) is 2. The topological polar surface area (TPSA) is 24.1 Å². The molecule has 4 aliphatic heterocycles. The minimum Gasteiger partial charge on any atom is -0.311 e. The summed E-state index contributed by atoms with van der Waals surface area (Å²) < 4.78 is 0. The molecule has 2 N–H and O–H groups in total. The van der Waals surface area contributed by atoms with Crippen molar-refractivity contribution >= 4 is 0 Å². The molecule has 0 amide bonds. The predicted molar refractivity (Wildman–Crippen MR) is 67.5 cm³/mol. The Morgan fingerprint density at radius 1 is 0.750 bits per heavy atom. The van der Waals surface area contributed by atoms with E-state index in [0.29, 0.717) is 0 Å². The number of rotatable bonds is 0. The molecular formula is C14H24N2. The fourth-order valence-corrected chi connectivity index (χ4v) is 3.56. The van der Waals surface area contributed by atoms with Gasteiger partial charge < -0.3 is 10.6 Å². The van der Waals surface area contributed by atoms with Gasteiger partial charge in [0.1, 0.15) is 0 Å². The van der Waals surface area contributed by atoms with Crippen LogP contribution >= 0.6 is 0 Å². The molecular weight excluding hydrogens is 196 g/mol. The summed E-state index contributed by atoms with van der Waals surface area (Å²) in [5.74, 6) is 0. The zero-order valence-corrected chi connectivity index (χ0v) is 10.1. The second-order valence-electron chi connectivity index (χ2n) is 5.78. The average Bonchev–Trinajstić information content (AvgIpc) is 2.83. The van der Waals surface area contributed by atoms with Crippen LogP contribution < -0.4 is 10.6 Å². The van der Waals surface area contributed by atoms with Crippen molar-refractivity contribution in [1.29, 1.82) is 0 Å². The Labute approximate surface area is 98.9 Å². The molecule has 0 spiro atoms. The van der Waals surface area contributed by atoms with E-state index < -0.39 is 0 Å². The van der Waals surface area contributed by atoms with Crippen molar-refractivity contribution in [3.05, 3.63) is 12.2 Å². The number of fused-ring (bicyclic) bond motifs is 4. The largest absolute Gasteiger partial charge is 0.311 e. The van der Waals surface area contributed by atoms with Gasteiger partial charge in [0.15, 0.2) is 0 Å². The molecule has 3 saturated heterocycles. The molecule has 90 valence electrons. The highest BCUT2D eigenvalue weighted by molar-refractivity contribution is 5.06. The van der Waals surface area contributed by atoms with Crippen molar-refractivity contribution in [1.82, 2.24) is 10.6 Å². The Hall–Kier alpha value is -0.340. The maximum Gasteiger partial charge on any atom is 0.0253 e. The molecule has 2 heteroatoms. The third-order valence-corrected chi connectivity index (χ3v) is 4.51. The smallest absolute Gasteiger partial charge is 0.0253 e. The van der Waals surface area contributed by atoms with Crippen LogP contribution in [-0.2, 0) is 0 Å². The van der Waals surface area contributed by atoms with Gasteiger partial charge in [0, 0.05) is 24.2 Å². The Kier molecular flexibility index (Phi) is 3.30. The first-order valence-electron chi connectivity index (χ1n) is 7.09. The van der Waals surface area contributed by atoms with Gasteiger partial charge in [-0.1, -0.05) is 18.6 Å². The van der Waals surface area contributed by atoms with Crippen LogP contribution in [0.15, 0.2) is 12.2 Å². The van der Waals surface area contributed by atoms with Gasteiger partial charge in [-0.2, -0.15) is 0 Å².